The van der Waals surface area contributed by atoms with Crippen LogP contribution in [0.1, 0.15) is 52.0 Å². The predicted molar refractivity (Wildman–Crippen MR) is 129 cm³/mol. The molecule has 4 atom stereocenters. The van der Waals surface area contributed by atoms with Gasteiger partial charge < -0.3 is 40.5 Å². The molecule has 0 saturated carbocycles. The molecule has 0 bridgehead atoms. The molecule has 0 aliphatic carbocycles. The lowest BCUT2D eigenvalue weighted by molar-refractivity contribution is 0.0165. The molecule has 0 fully saturated rings. The second-order valence-electron chi connectivity index (χ2n) is 8.82. The van der Waals surface area contributed by atoms with E-state index in [2.05, 4.69) is 0 Å². The maximum Gasteiger partial charge on any atom is 0.135 e. The second kappa shape index (κ2) is 8.99. The van der Waals surface area contributed by atoms with Gasteiger partial charge in [0.15, 0.2) is 0 Å². The van der Waals surface area contributed by atoms with Gasteiger partial charge in [-0.25, -0.2) is 0 Å². The highest BCUT2D eigenvalue weighted by Crippen LogP contribution is 2.54. The van der Waals surface area contributed by atoms with Crippen molar-refractivity contribution in [3.8, 4) is 34.5 Å². The molecule has 5 rings (SSSR count). The van der Waals surface area contributed by atoms with E-state index in [4.69, 9.17) is 4.74 Å². The van der Waals surface area contributed by atoms with Crippen LogP contribution in [0.15, 0.2) is 78.9 Å². The van der Waals surface area contributed by atoms with Crippen LogP contribution in [0.5, 0.6) is 34.5 Å². The second-order valence-corrected chi connectivity index (χ2v) is 8.82. The van der Waals surface area contributed by atoms with Crippen molar-refractivity contribution >= 4 is 0 Å². The molecule has 8 heteroatoms. The number of phenolic OH excluding ortho intramolecular Hbond substituents is 5. The summed E-state index contributed by atoms with van der Waals surface area (Å²) in [4.78, 5) is 0. The molecule has 0 amide bonds. The molecule has 4 aromatic rings. The van der Waals surface area contributed by atoms with E-state index in [0.717, 1.165) is 0 Å². The minimum atomic E-state index is -1.49. The number of rotatable bonds is 5. The average molecular weight is 488 g/mol. The molecule has 36 heavy (non-hydrogen) atoms. The Bertz CT molecular complexity index is 1380. The van der Waals surface area contributed by atoms with E-state index in [0.29, 0.717) is 22.3 Å². The monoisotopic (exact) mass is 488 g/mol. The lowest BCUT2D eigenvalue weighted by Crippen LogP contribution is -2.15. The summed E-state index contributed by atoms with van der Waals surface area (Å²) in [6.45, 7) is 0. The maximum atomic E-state index is 11.3. The zero-order valence-electron chi connectivity index (χ0n) is 18.9. The summed E-state index contributed by atoms with van der Waals surface area (Å²) in [6.07, 6.45) is -3.60. The SMILES string of the molecule is Oc1ccc([C@@H](O)[C@H](O)c2cc(O)cc3c2[C@H](c2cc(O)cc(O)c2)[C@@H](c2ccc(O)cc2)O3)cc1. The number of aromatic hydroxyl groups is 5. The maximum absolute atomic E-state index is 11.3. The van der Waals surface area contributed by atoms with Gasteiger partial charge >= 0.3 is 0 Å². The number of benzene rings is 4. The summed E-state index contributed by atoms with van der Waals surface area (Å²) in [6, 6.07) is 18.9. The van der Waals surface area contributed by atoms with Gasteiger partial charge in [-0.3, -0.25) is 0 Å². The molecule has 0 unspecified atom stereocenters. The summed E-state index contributed by atoms with van der Waals surface area (Å²) in [5, 5.41) is 72.3. The topological polar surface area (TPSA) is 151 Å². The van der Waals surface area contributed by atoms with Crippen molar-refractivity contribution in [1.82, 2.24) is 0 Å². The molecule has 184 valence electrons. The largest absolute Gasteiger partial charge is 0.508 e. The van der Waals surface area contributed by atoms with Crippen molar-refractivity contribution in [1.29, 1.82) is 0 Å². The molecule has 0 saturated heterocycles. The van der Waals surface area contributed by atoms with Crippen LogP contribution in [0.2, 0.25) is 0 Å². The normalized spacial score (nSPS) is 18.3. The van der Waals surface area contributed by atoms with Gasteiger partial charge in [-0.1, -0.05) is 24.3 Å². The third kappa shape index (κ3) is 4.24. The van der Waals surface area contributed by atoms with Gasteiger partial charge in [0.05, 0.1) is 5.92 Å². The Morgan fingerprint density at radius 1 is 0.556 bits per heavy atom. The van der Waals surface area contributed by atoms with Gasteiger partial charge in [-0.05, 0) is 64.7 Å². The molecule has 0 aromatic heterocycles. The molecule has 7 N–H and O–H groups in total. The summed E-state index contributed by atoms with van der Waals surface area (Å²) >= 11 is 0. The lowest BCUT2D eigenvalue weighted by Gasteiger charge is -2.25. The van der Waals surface area contributed by atoms with Gasteiger partial charge in [-0.2, -0.15) is 0 Å². The van der Waals surface area contributed by atoms with E-state index < -0.39 is 24.2 Å². The van der Waals surface area contributed by atoms with E-state index in [1.54, 1.807) is 12.1 Å². The summed E-state index contributed by atoms with van der Waals surface area (Å²) in [5.41, 5.74) is 2.14. The number of fused-ring (bicyclic) bond motifs is 1. The molecule has 4 aromatic carbocycles. The molecule has 8 nitrogen and oxygen atoms in total. The average Bonchev–Trinajstić information content (AvgIpc) is 3.22. The van der Waals surface area contributed by atoms with Crippen molar-refractivity contribution < 1.29 is 40.5 Å². The Balaban J connectivity index is 1.67. The number of hydrogen-bond donors (Lipinski definition) is 7. The van der Waals surface area contributed by atoms with E-state index in [9.17, 15) is 35.7 Å². The minimum Gasteiger partial charge on any atom is -0.508 e. The van der Waals surface area contributed by atoms with Crippen LogP contribution in [-0.4, -0.2) is 35.7 Å². The van der Waals surface area contributed by atoms with Gasteiger partial charge in [0, 0.05) is 17.7 Å². The molecule has 1 heterocycles. The van der Waals surface area contributed by atoms with E-state index >= 15 is 0 Å². The fraction of sp³-hybridized carbons (Fsp3) is 0.143. The Kier molecular flexibility index (Phi) is 5.83. The van der Waals surface area contributed by atoms with Crippen LogP contribution < -0.4 is 4.74 Å². The Morgan fingerprint density at radius 3 is 1.72 bits per heavy atom. The highest BCUT2D eigenvalue weighted by Gasteiger charge is 2.41. The first-order valence-electron chi connectivity index (χ1n) is 11.2. The van der Waals surface area contributed by atoms with Gasteiger partial charge in [0.25, 0.3) is 0 Å². The summed E-state index contributed by atoms with van der Waals surface area (Å²) < 4.78 is 6.22. The van der Waals surface area contributed by atoms with Gasteiger partial charge in [0.1, 0.15) is 52.8 Å². The van der Waals surface area contributed by atoms with Crippen LogP contribution in [0.25, 0.3) is 0 Å². The van der Waals surface area contributed by atoms with Gasteiger partial charge in [-0.15, -0.1) is 0 Å². The van der Waals surface area contributed by atoms with Crippen molar-refractivity contribution in [2.24, 2.45) is 0 Å². The van der Waals surface area contributed by atoms with E-state index in [1.165, 1.54) is 66.7 Å². The van der Waals surface area contributed by atoms with Crippen molar-refractivity contribution in [2.75, 3.05) is 0 Å². The first-order valence-corrected chi connectivity index (χ1v) is 11.2. The molecular weight excluding hydrogens is 464 g/mol. The van der Waals surface area contributed by atoms with E-state index in [1.807, 2.05) is 0 Å². The summed E-state index contributed by atoms with van der Waals surface area (Å²) in [5.74, 6) is -0.878. The quantitative estimate of drug-likeness (QED) is 0.220. The third-order valence-electron chi connectivity index (χ3n) is 6.38. The van der Waals surface area contributed by atoms with Crippen molar-refractivity contribution in [2.45, 2.75) is 24.2 Å². The van der Waals surface area contributed by atoms with Crippen LogP contribution in [0, 0.1) is 0 Å². The fourth-order valence-electron chi connectivity index (χ4n) is 4.75. The zero-order valence-corrected chi connectivity index (χ0v) is 18.9. The van der Waals surface area contributed by atoms with Gasteiger partial charge in [0.2, 0.25) is 0 Å². The fourth-order valence-corrected chi connectivity index (χ4v) is 4.75. The first-order chi connectivity index (χ1) is 17.2. The Labute approximate surface area is 206 Å². The number of aliphatic hydroxyl groups excluding tert-OH is 2. The highest BCUT2D eigenvalue weighted by molar-refractivity contribution is 5.58. The molecular formula is C28H24O8. The summed E-state index contributed by atoms with van der Waals surface area (Å²) in [7, 11) is 0. The number of phenols is 5. The van der Waals surface area contributed by atoms with Crippen LogP contribution in [0.3, 0.4) is 0 Å². The number of ether oxygens (including phenoxy) is 1. The Morgan fingerprint density at radius 2 is 1.11 bits per heavy atom. The minimum absolute atomic E-state index is 0.00702. The number of hydrogen-bond acceptors (Lipinski definition) is 8. The number of aliphatic hydroxyl groups is 2. The van der Waals surface area contributed by atoms with Crippen LogP contribution in [0.4, 0.5) is 0 Å². The first kappa shape index (κ1) is 23.3. The molecule has 0 radical (unpaired) electrons. The third-order valence-corrected chi connectivity index (χ3v) is 6.38. The standard InChI is InChI=1S/C28H24O8/c29-17-5-1-14(2-6-17)26(34)27(35)22-12-21(33)13-23-25(22)24(16-9-19(31)11-20(32)10-16)28(36-23)15-3-7-18(30)8-4-15/h1-13,24,26-35H/t24-,26+,27+,28+/m0/s1. The zero-order chi connectivity index (χ0) is 25.6. The Hall–Kier alpha value is -4.40. The lowest BCUT2D eigenvalue weighted by atomic mass is 9.80. The van der Waals surface area contributed by atoms with Crippen molar-refractivity contribution in [3.63, 3.8) is 0 Å². The predicted octanol–water partition coefficient (Wildman–Crippen LogP) is 4.25. The molecule has 1 aliphatic heterocycles. The van der Waals surface area contributed by atoms with Crippen molar-refractivity contribution in [3.05, 3.63) is 107 Å². The molecule has 1 aliphatic rings. The van der Waals surface area contributed by atoms with Crippen LogP contribution >= 0.6 is 0 Å². The van der Waals surface area contributed by atoms with Crippen LogP contribution in [-0.2, 0) is 0 Å². The molecule has 0 spiro atoms. The highest BCUT2D eigenvalue weighted by atomic mass is 16.5. The smallest absolute Gasteiger partial charge is 0.135 e. The van der Waals surface area contributed by atoms with E-state index in [-0.39, 0.29) is 40.1 Å².